The van der Waals surface area contributed by atoms with Gasteiger partial charge < -0.3 is 10.1 Å². The molecule has 0 saturated heterocycles. The maximum atomic E-state index is 12.2. The molecule has 0 amide bonds. The number of rotatable bonds is 6. The molecule has 0 bridgehead atoms. The number of benzene rings is 1. The summed E-state index contributed by atoms with van der Waals surface area (Å²) in [5.41, 5.74) is 2.14. The summed E-state index contributed by atoms with van der Waals surface area (Å²) in [7, 11) is 0. The maximum Gasteiger partial charge on any atom is 0.387 e. The van der Waals surface area contributed by atoms with Crippen LogP contribution in [0, 0.1) is 0 Å². The number of alkyl halides is 2. The highest BCUT2D eigenvalue weighted by Crippen LogP contribution is 2.21. The highest BCUT2D eigenvalue weighted by Gasteiger charge is 2.08. The summed E-state index contributed by atoms with van der Waals surface area (Å²) >= 11 is 1.65. The van der Waals surface area contributed by atoms with E-state index in [0.717, 1.165) is 12.1 Å². The summed E-state index contributed by atoms with van der Waals surface area (Å²) < 4.78 is 28.7. The Morgan fingerprint density at radius 3 is 2.84 bits per heavy atom. The molecule has 19 heavy (non-hydrogen) atoms. The van der Waals surface area contributed by atoms with Crippen LogP contribution in [-0.2, 0) is 6.54 Å². The number of hydrogen-bond acceptors (Lipinski definition) is 3. The van der Waals surface area contributed by atoms with Gasteiger partial charge in [0.05, 0.1) is 0 Å². The van der Waals surface area contributed by atoms with Crippen molar-refractivity contribution < 1.29 is 13.5 Å². The van der Waals surface area contributed by atoms with Gasteiger partial charge in [-0.2, -0.15) is 20.1 Å². The second-order valence-electron chi connectivity index (χ2n) is 4.19. The standard InChI is InChI=1S/C14H15F2NOS/c1-10(17-8-11-5-6-19-9-11)12-3-2-4-13(7-12)18-14(15)16/h2-7,9-10,14,17H,8H2,1H3. The largest absolute Gasteiger partial charge is 0.435 e. The smallest absolute Gasteiger partial charge is 0.387 e. The van der Waals surface area contributed by atoms with Crippen molar-refractivity contribution in [3.05, 3.63) is 52.2 Å². The molecule has 1 heterocycles. The summed E-state index contributed by atoms with van der Waals surface area (Å²) in [4.78, 5) is 0. The summed E-state index contributed by atoms with van der Waals surface area (Å²) in [5, 5.41) is 7.45. The molecule has 2 aromatic rings. The van der Waals surface area contributed by atoms with Gasteiger partial charge in [0.1, 0.15) is 5.75 Å². The van der Waals surface area contributed by atoms with Crippen molar-refractivity contribution in [2.45, 2.75) is 26.1 Å². The fourth-order valence-corrected chi connectivity index (χ4v) is 2.41. The molecule has 2 rings (SSSR count). The van der Waals surface area contributed by atoms with E-state index in [4.69, 9.17) is 0 Å². The maximum absolute atomic E-state index is 12.2. The summed E-state index contributed by atoms with van der Waals surface area (Å²) in [6, 6.07) is 8.90. The van der Waals surface area contributed by atoms with Crippen LogP contribution < -0.4 is 10.1 Å². The van der Waals surface area contributed by atoms with Crippen molar-refractivity contribution in [1.82, 2.24) is 5.32 Å². The number of ether oxygens (including phenoxy) is 1. The molecular weight excluding hydrogens is 268 g/mol. The fourth-order valence-electron chi connectivity index (χ4n) is 1.74. The Bertz CT molecular complexity index is 502. The number of thiophene rings is 1. The zero-order valence-corrected chi connectivity index (χ0v) is 11.3. The SMILES string of the molecule is CC(NCc1ccsc1)c1cccc(OC(F)F)c1. The quantitative estimate of drug-likeness (QED) is 0.858. The third-order valence-corrected chi connectivity index (χ3v) is 3.51. The van der Waals surface area contributed by atoms with Crippen LogP contribution in [0.1, 0.15) is 24.1 Å². The Balaban J connectivity index is 1.96. The Labute approximate surface area is 115 Å². The predicted molar refractivity (Wildman–Crippen MR) is 72.6 cm³/mol. The van der Waals surface area contributed by atoms with Crippen LogP contribution in [0.4, 0.5) is 8.78 Å². The minimum Gasteiger partial charge on any atom is -0.435 e. The first-order valence-electron chi connectivity index (χ1n) is 5.94. The van der Waals surface area contributed by atoms with Gasteiger partial charge in [-0.25, -0.2) is 0 Å². The number of hydrogen-bond donors (Lipinski definition) is 1. The van der Waals surface area contributed by atoms with E-state index in [9.17, 15) is 8.78 Å². The van der Waals surface area contributed by atoms with Crippen LogP contribution in [-0.4, -0.2) is 6.61 Å². The lowest BCUT2D eigenvalue weighted by Gasteiger charge is -2.15. The summed E-state index contributed by atoms with van der Waals surface area (Å²) in [5.74, 6) is 0.191. The molecule has 0 fully saturated rings. The predicted octanol–water partition coefficient (Wildman–Crippen LogP) is 4.20. The lowest BCUT2D eigenvalue weighted by atomic mass is 10.1. The van der Waals surface area contributed by atoms with E-state index in [1.165, 1.54) is 11.6 Å². The molecule has 2 nitrogen and oxygen atoms in total. The molecule has 0 aliphatic carbocycles. The average molecular weight is 283 g/mol. The van der Waals surface area contributed by atoms with Gasteiger partial charge in [-0.05, 0) is 47.0 Å². The molecule has 5 heteroatoms. The van der Waals surface area contributed by atoms with Gasteiger partial charge in [-0.3, -0.25) is 0 Å². The first-order chi connectivity index (χ1) is 9.15. The van der Waals surface area contributed by atoms with E-state index in [-0.39, 0.29) is 11.8 Å². The normalized spacial score (nSPS) is 12.6. The second-order valence-corrected chi connectivity index (χ2v) is 4.97. The molecular formula is C14H15F2NOS. The summed E-state index contributed by atoms with van der Waals surface area (Å²) in [6.45, 7) is -0.0392. The van der Waals surface area contributed by atoms with E-state index >= 15 is 0 Å². The molecule has 0 spiro atoms. The van der Waals surface area contributed by atoms with Crippen molar-refractivity contribution in [2.75, 3.05) is 0 Å². The van der Waals surface area contributed by atoms with Crippen molar-refractivity contribution in [1.29, 1.82) is 0 Å². The van der Waals surface area contributed by atoms with Gasteiger partial charge in [0.2, 0.25) is 0 Å². The topological polar surface area (TPSA) is 21.3 Å². The molecule has 1 atom stereocenters. The number of halogens is 2. The molecule has 1 aromatic heterocycles. The van der Waals surface area contributed by atoms with Crippen LogP contribution in [0.25, 0.3) is 0 Å². The van der Waals surface area contributed by atoms with Gasteiger partial charge in [-0.15, -0.1) is 0 Å². The van der Waals surface area contributed by atoms with Crippen LogP contribution >= 0.6 is 11.3 Å². The van der Waals surface area contributed by atoms with Crippen molar-refractivity contribution in [2.24, 2.45) is 0 Å². The Morgan fingerprint density at radius 2 is 2.16 bits per heavy atom. The zero-order chi connectivity index (χ0) is 13.7. The van der Waals surface area contributed by atoms with E-state index < -0.39 is 6.61 Å². The Morgan fingerprint density at radius 1 is 1.32 bits per heavy atom. The monoisotopic (exact) mass is 283 g/mol. The summed E-state index contributed by atoms with van der Waals surface area (Å²) in [6.07, 6.45) is 0. The van der Waals surface area contributed by atoms with Crippen molar-refractivity contribution in [3.63, 3.8) is 0 Å². The van der Waals surface area contributed by atoms with E-state index in [1.54, 1.807) is 23.5 Å². The fraction of sp³-hybridized carbons (Fsp3) is 0.286. The minimum absolute atomic E-state index is 0.0705. The highest BCUT2D eigenvalue weighted by atomic mass is 32.1. The first-order valence-corrected chi connectivity index (χ1v) is 6.88. The van der Waals surface area contributed by atoms with Gasteiger partial charge in [-0.1, -0.05) is 12.1 Å². The molecule has 0 radical (unpaired) electrons. The van der Waals surface area contributed by atoms with Gasteiger partial charge >= 0.3 is 6.61 Å². The zero-order valence-electron chi connectivity index (χ0n) is 10.5. The van der Waals surface area contributed by atoms with Crippen molar-refractivity contribution >= 4 is 11.3 Å². The van der Waals surface area contributed by atoms with Crippen LogP contribution in [0.15, 0.2) is 41.1 Å². The van der Waals surface area contributed by atoms with Crippen molar-refractivity contribution in [3.8, 4) is 5.75 Å². The van der Waals surface area contributed by atoms with Crippen LogP contribution in [0.3, 0.4) is 0 Å². The number of nitrogens with one attached hydrogen (secondary N) is 1. The average Bonchev–Trinajstić information content (AvgIpc) is 2.88. The van der Waals surface area contributed by atoms with Crippen LogP contribution in [0.2, 0.25) is 0 Å². The minimum atomic E-state index is -2.79. The lowest BCUT2D eigenvalue weighted by Crippen LogP contribution is -2.17. The van der Waals surface area contributed by atoms with E-state index in [1.807, 2.05) is 18.4 Å². The highest BCUT2D eigenvalue weighted by molar-refractivity contribution is 7.07. The van der Waals surface area contributed by atoms with E-state index in [2.05, 4.69) is 21.5 Å². The second kappa shape index (κ2) is 6.63. The molecule has 1 aromatic carbocycles. The lowest BCUT2D eigenvalue weighted by molar-refractivity contribution is -0.0499. The Hall–Kier alpha value is -1.46. The Kier molecular flexibility index (Phi) is 4.87. The first kappa shape index (κ1) is 14.0. The van der Waals surface area contributed by atoms with Gasteiger partial charge in [0.25, 0.3) is 0 Å². The third-order valence-electron chi connectivity index (χ3n) is 2.78. The van der Waals surface area contributed by atoms with E-state index in [0.29, 0.717) is 0 Å². The molecule has 0 aliphatic rings. The van der Waals surface area contributed by atoms with Crippen LogP contribution in [0.5, 0.6) is 5.75 Å². The third kappa shape index (κ3) is 4.29. The van der Waals surface area contributed by atoms with Gasteiger partial charge in [0, 0.05) is 12.6 Å². The molecule has 0 aliphatic heterocycles. The molecule has 0 saturated carbocycles. The molecule has 1 N–H and O–H groups in total. The van der Waals surface area contributed by atoms with Gasteiger partial charge in [0.15, 0.2) is 0 Å². The molecule has 1 unspecified atom stereocenters. The molecule has 102 valence electrons.